The SMILES string of the molecule is CS(=O)(=O)NCC1CCCCN1Cc1nnc(-c2ccccc2Br)o1. The normalized spacial score (nSPS) is 19.2. The highest BCUT2D eigenvalue weighted by atomic mass is 79.9. The van der Waals surface area contributed by atoms with Crippen LogP contribution in [0.15, 0.2) is 33.2 Å². The van der Waals surface area contributed by atoms with Gasteiger partial charge in [0.2, 0.25) is 21.8 Å². The highest BCUT2D eigenvalue weighted by molar-refractivity contribution is 9.10. The van der Waals surface area contributed by atoms with Gasteiger partial charge in [-0.3, -0.25) is 4.90 Å². The molecule has 1 aromatic heterocycles. The van der Waals surface area contributed by atoms with Crippen molar-refractivity contribution in [2.45, 2.75) is 31.8 Å². The van der Waals surface area contributed by atoms with Gasteiger partial charge in [-0.15, -0.1) is 10.2 Å². The van der Waals surface area contributed by atoms with Gasteiger partial charge in [-0.05, 0) is 47.4 Å². The molecule has 3 rings (SSSR count). The van der Waals surface area contributed by atoms with Crippen LogP contribution in [-0.2, 0) is 16.6 Å². The fourth-order valence-corrected chi connectivity index (χ4v) is 3.93. The Kier molecular flexibility index (Phi) is 5.88. The molecule has 9 heteroatoms. The number of aromatic nitrogens is 2. The van der Waals surface area contributed by atoms with Crippen molar-refractivity contribution in [1.29, 1.82) is 0 Å². The second kappa shape index (κ2) is 7.94. The summed E-state index contributed by atoms with van der Waals surface area (Å²) in [5.41, 5.74) is 0.857. The summed E-state index contributed by atoms with van der Waals surface area (Å²) in [4.78, 5) is 2.21. The maximum Gasteiger partial charge on any atom is 0.248 e. The van der Waals surface area contributed by atoms with Gasteiger partial charge in [0.15, 0.2) is 0 Å². The van der Waals surface area contributed by atoms with Crippen LogP contribution in [0.4, 0.5) is 0 Å². The van der Waals surface area contributed by atoms with Crippen LogP contribution >= 0.6 is 15.9 Å². The van der Waals surface area contributed by atoms with Gasteiger partial charge in [-0.2, -0.15) is 0 Å². The standard InChI is InChI=1S/C16H21BrN4O3S/c1-25(22,23)18-10-12-6-4-5-9-21(12)11-15-19-20-16(24-15)13-7-2-3-8-14(13)17/h2-3,7-8,12,18H,4-6,9-11H2,1H3. The molecule has 1 fully saturated rings. The minimum atomic E-state index is -3.19. The van der Waals surface area contributed by atoms with E-state index in [0.29, 0.717) is 24.9 Å². The van der Waals surface area contributed by atoms with Gasteiger partial charge in [-0.1, -0.05) is 18.6 Å². The number of benzene rings is 1. The van der Waals surface area contributed by atoms with E-state index in [1.54, 1.807) is 0 Å². The molecule has 1 N–H and O–H groups in total. The van der Waals surface area contributed by atoms with E-state index in [-0.39, 0.29) is 6.04 Å². The van der Waals surface area contributed by atoms with Crippen molar-refractivity contribution < 1.29 is 12.8 Å². The van der Waals surface area contributed by atoms with Crippen molar-refractivity contribution in [3.63, 3.8) is 0 Å². The molecule has 1 aliphatic rings. The molecule has 25 heavy (non-hydrogen) atoms. The van der Waals surface area contributed by atoms with Crippen molar-refractivity contribution >= 4 is 26.0 Å². The minimum absolute atomic E-state index is 0.141. The summed E-state index contributed by atoms with van der Waals surface area (Å²) in [5, 5.41) is 8.29. The number of hydrogen-bond donors (Lipinski definition) is 1. The molecule has 7 nitrogen and oxygen atoms in total. The van der Waals surface area contributed by atoms with Crippen LogP contribution in [0.3, 0.4) is 0 Å². The lowest BCUT2D eigenvalue weighted by Crippen LogP contribution is -2.46. The van der Waals surface area contributed by atoms with Gasteiger partial charge in [-0.25, -0.2) is 13.1 Å². The molecular formula is C16H21BrN4O3S. The summed E-state index contributed by atoms with van der Waals surface area (Å²) in [6.45, 7) is 1.82. The molecule has 0 aliphatic carbocycles. The van der Waals surface area contributed by atoms with Crippen molar-refractivity contribution in [3.05, 3.63) is 34.6 Å². The number of likely N-dealkylation sites (tertiary alicyclic amines) is 1. The summed E-state index contributed by atoms with van der Waals surface area (Å²) in [7, 11) is -3.19. The third-order valence-electron chi connectivity index (χ3n) is 4.24. The Labute approximate surface area is 156 Å². The second-order valence-corrected chi connectivity index (χ2v) is 8.91. The zero-order valence-corrected chi connectivity index (χ0v) is 16.4. The third kappa shape index (κ3) is 5.10. The molecule has 1 aliphatic heterocycles. The Bertz CT molecular complexity index is 824. The topological polar surface area (TPSA) is 88.3 Å². The minimum Gasteiger partial charge on any atom is -0.419 e. The van der Waals surface area contributed by atoms with Crippen LogP contribution in [0.1, 0.15) is 25.2 Å². The van der Waals surface area contributed by atoms with Crippen LogP contribution in [-0.4, -0.2) is 48.9 Å². The maximum atomic E-state index is 11.4. The highest BCUT2D eigenvalue weighted by Gasteiger charge is 2.25. The van der Waals surface area contributed by atoms with Crippen LogP contribution < -0.4 is 4.72 Å². The summed E-state index contributed by atoms with van der Waals surface area (Å²) in [5.74, 6) is 1.02. The maximum absolute atomic E-state index is 11.4. The highest BCUT2D eigenvalue weighted by Crippen LogP contribution is 2.27. The molecule has 1 saturated heterocycles. The fraction of sp³-hybridized carbons (Fsp3) is 0.500. The lowest BCUT2D eigenvalue weighted by atomic mass is 10.0. The fourth-order valence-electron chi connectivity index (χ4n) is 2.98. The van der Waals surface area contributed by atoms with E-state index in [1.165, 1.54) is 6.26 Å². The van der Waals surface area contributed by atoms with Gasteiger partial charge in [0.25, 0.3) is 0 Å². The van der Waals surface area contributed by atoms with E-state index in [2.05, 4.69) is 35.7 Å². The smallest absolute Gasteiger partial charge is 0.248 e. The molecule has 0 spiro atoms. The Morgan fingerprint density at radius 1 is 1.32 bits per heavy atom. The zero-order valence-electron chi connectivity index (χ0n) is 14.0. The lowest BCUT2D eigenvalue weighted by molar-refractivity contribution is 0.130. The monoisotopic (exact) mass is 428 g/mol. The quantitative estimate of drug-likeness (QED) is 0.759. The Hall–Kier alpha value is -1.29. The molecule has 0 bridgehead atoms. The number of halogens is 1. The predicted molar refractivity (Wildman–Crippen MR) is 98.3 cm³/mol. The average molecular weight is 429 g/mol. The Morgan fingerprint density at radius 3 is 2.88 bits per heavy atom. The molecule has 2 heterocycles. The lowest BCUT2D eigenvalue weighted by Gasteiger charge is -2.34. The van der Waals surface area contributed by atoms with Crippen LogP contribution in [0, 0.1) is 0 Å². The van der Waals surface area contributed by atoms with E-state index >= 15 is 0 Å². The van der Waals surface area contributed by atoms with Gasteiger partial charge >= 0.3 is 0 Å². The number of rotatable bonds is 6. The van der Waals surface area contributed by atoms with Crippen molar-refractivity contribution in [1.82, 2.24) is 19.8 Å². The Balaban J connectivity index is 1.69. The summed E-state index contributed by atoms with van der Waals surface area (Å²) >= 11 is 3.49. The molecular weight excluding hydrogens is 408 g/mol. The number of hydrogen-bond acceptors (Lipinski definition) is 6. The first-order valence-electron chi connectivity index (χ1n) is 8.18. The van der Waals surface area contributed by atoms with E-state index in [1.807, 2.05) is 24.3 Å². The number of piperidine rings is 1. The molecule has 1 aromatic carbocycles. The first kappa shape index (κ1) is 18.5. The molecule has 0 radical (unpaired) electrons. The number of nitrogens with zero attached hydrogens (tertiary/aromatic N) is 3. The largest absolute Gasteiger partial charge is 0.419 e. The molecule has 1 unspecified atom stereocenters. The van der Waals surface area contributed by atoms with Gasteiger partial charge in [0.1, 0.15) is 0 Å². The summed E-state index contributed by atoms with van der Waals surface area (Å²) in [6, 6.07) is 7.83. The predicted octanol–water partition coefficient (Wildman–Crippen LogP) is 2.40. The van der Waals surface area contributed by atoms with E-state index in [0.717, 1.165) is 35.8 Å². The molecule has 136 valence electrons. The molecule has 0 amide bonds. The molecule has 2 aromatic rings. The van der Waals surface area contributed by atoms with Crippen LogP contribution in [0.5, 0.6) is 0 Å². The average Bonchev–Trinajstić information content (AvgIpc) is 3.02. The summed E-state index contributed by atoms with van der Waals surface area (Å²) in [6.07, 6.45) is 4.31. The van der Waals surface area contributed by atoms with Gasteiger partial charge < -0.3 is 4.42 Å². The van der Waals surface area contributed by atoms with E-state index < -0.39 is 10.0 Å². The van der Waals surface area contributed by atoms with Crippen LogP contribution in [0.25, 0.3) is 11.5 Å². The van der Waals surface area contributed by atoms with Crippen molar-refractivity contribution in [3.8, 4) is 11.5 Å². The van der Waals surface area contributed by atoms with Crippen LogP contribution in [0.2, 0.25) is 0 Å². The second-order valence-electron chi connectivity index (χ2n) is 6.22. The molecule has 0 saturated carbocycles. The zero-order chi connectivity index (χ0) is 17.9. The first-order chi connectivity index (χ1) is 11.9. The third-order valence-corrected chi connectivity index (χ3v) is 5.62. The van der Waals surface area contributed by atoms with Crippen molar-refractivity contribution in [2.75, 3.05) is 19.3 Å². The van der Waals surface area contributed by atoms with E-state index in [9.17, 15) is 8.42 Å². The Morgan fingerprint density at radius 2 is 2.12 bits per heavy atom. The number of nitrogens with one attached hydrogen (secondary N) is 1. The van der Waals surface area contributed by atoms with Crippen molar-refractivity contribution in [2.24, 2.45) is 0 Å². The van der Waals surface area contributed by atoms with Gasteiger partial charge in [0, 0.05) is 17.1 Å². The first-order valence-corrected chi connectivity index (χ1v) is 10.9. The molecule has 1 atom stereocenters. The summed E-state index contributed by atoms with van der Waals surface area (Å²) < 4.78 is 32.0. The number of sulfonamides is 1. The van der Waals surface area contributed by atoms with E-state index in [4.69, 9.17) is 4.42 Å². The van der Waals surface area contributed by atoms with Gasteiger partial charge in [0.05, 0.1) is 18.4 Å².